The van der Waals surface area contributed by atoms with E-state index < -0.39 is 11.8 Å². The molecule has 0 amide bonds. The topological polar surface area (TPSA) is 91.0 Å². The van der Waals surface area contributed by atoms with Crippen LogP contribution in [0, 0.1) is 16.7 Å². The molecule has 0 fully saturated rings. The minimum atomic E-state index is -0.660. The fraction of sp³-hybridized carbons (Fsp3) is 0.217. The van der Waals surface area contributed by atoms with E-state index in [1.807, 2.05) is 30.3 Å². The molecule has 5 heteroatoms. The highest BCUT2D eigenvalue weighted by Crippen LogP contribution is 2.47. The maximum absolute atomic E-state index is 12.7. The molecule has 0 heterocycles. The van der Waals surface area contributed by atoms with Crippen molar-refractivity contribution in [2.24, 2.45) is 0 Å². The van der Waals surface area contributed by atoms with Crippen LogP contribution < -0.4 is 0 Å². The molecule has 140 valence electrons. The van der Waals surface area contributed by atoms with Crippen LogP contribution in [0.4, 0.5) is 0 Å². The fourth-order valence-electron chi connectivity index (χ4n) is 3.46. The summed E-state index contributed by atoms with van der Waals surface area (Å²) in [6, 6.07) is 14.5. The average Bonchev–Trinajstić information content (AvgIpc) is 3.06. The number of rotatable bonds is 7. The Morgan fingerprint density at radius 1 is 1.07 bits per heavy atom. The van der Waals surface area contributed by atoms with E-state index in [1.54, 1.807) is 18.2 Å². The summed E-state index contributed by atoms with van der Waals surface area (Å²) < 4.78 is 5.44. The van der Waals surface area contributed by atoms with Crippen LogP contribution in [-0.4, -0.2) is 24.6 Å². The first-order chi connectivity index (χ1) is 13.6. The fourth-order valence-corrected chi connectivity index (χ4v) is 3.46. The first-order valence-electron chi connectivity index (χ1n) is 9.23. The van der Waals surface area contributed by atoms with Gasteiger partial charge in [-0.15, -0.1) is 0 Å². The molecule has 0 spiro atoms. The smallest absolute Gasteiger partial charge is 0.338 e. The Hall–Kier alpha value is -3.52. The van der Waals surface area contributed by atoms with Crippen molar-refractivity contribution < 1.29 is 14.3 Å². The highest BCUT2D eigenvalue weighted by Gasteiger charge is 2.31. The quantitative estimate of drug-likeness (QED) is 0.216. The van der Waals surface area contributed by atoms with E-state index in [0.29, 0.717) is 40.6 Å². The molecule has 2 aromatic carbocycles. The summed E-state index contributed by atoms with van der Waals surface area (Å²) in [4.78, 5) is 24.9. The van der Waals surface area contributed by atoms with E-state index in [-0.39, 0.29) is 5.57 Å². The maximum Gasteiger partial charge on any atom is 0.338 e. The van der Waals surface area contributed by atoms with Crippen molar-refractivity contribution >= 4 is 23.5 Å². The van der Waals surface area contributed by atoms with Crippen LogP contribution >= 0.6 is 0 Å². The van der Waals surface area contributed by atoms with Crippen LogP contribution in [-0.2, 0) is 9.53 Å². The van der Waals surface area contributed by atoms with Gasteiger partial charge >= 0.3 is 5.97 Å². The van der Waals surface area contributed by atoms with Gasteiger partial charge in [0, 0.05) is 11.1 Å². The third-order valence-electron chi connectivity index (χ3n) is 4.74. The predicted octanol–water partition coefficient (Wildman–Crippen LogP) is 4.56. The van der Waals surface area contributed by atoms with Crippen molar-refractivity contribution in [3.8, 4) is 17.2 Å². The number of fused-ring (bicyclic) bond motifs is 3. The molecular weight excluding hydrogens is 352 g/mol. The number of carbonyl (C=O) groups excluding carboxylic acids is 2. The SMILES string of the molecule is CCCCCOC(=O)c1cccc2c1-c1ccccc1C2=C(C#N)C(=O)C=N. The summed E-state index contributed by atoms with van der Waals surface area (Å²) in [5.41, 5.74) is 3.55. The zero-order valence-electron chi connectivity index (χ0n) is 15.6. The minimum absolute atomic E-state index is 0.102. The molecule has 2 aromatic rings. The summed E-state index contributed by atoms with van der Waals surface area (Å²) in [7, 11) is 0. The Bertz CT molecular complexity index is 1030. The summed E-state index contributed by atoms with van der Waals surface area (Å²) in [6.45, 7) is 2.44. The summed E-state index contributed by atoms with van der Waals surface area (Å²) in [6.07, 6.45) is 3.48. The Kier molecular flexibility index (Phi) is 5.81. The molecule has 0 bridgehead atoms. The van der Waals surface area contributed by atoms with Gasteiger partial charge in [-0.25, -0.2) is 4.79 Å². The van der Waals surface area contributed by atoms with Crippen molar-refractivity contribution in [2.45, 2.75) is 26.2 Å². The number of nitriles is 1. The third-order valence-corrected chi connectivity index (χ3v) is 4.74. The van der Waals surface area contributed by atoms with Gasteiger partial charge in [-0.3, -0.25) is 4.79 Å². The highest BCUT2D eigenvalue weighted by atomic mass is 16.5. The average molecular weight is 372 g/mol. The number of nitrogens with zero attached hydrogens (tertiary/aromatic N) is 1. The van der Waals surface area contributed by atoms with E-state index >= 15 is 0 Å². The number of ketones is 1. The number of ether oxygens (including phenoxy) is 1. The predicted molar refractivity (Wildman–Crippen MR) is 107 cm³/mol. The van der Waals surface area contributed by atoms with E-state index in [9.17, 15) is 14.9 Å². The van der Waals surface area contributed by atoms with Crippen LogP contribution in [0.5, 0.6) is 0 Å². The van der Waals surface area contributed by atoms with Crippen LogP contribution in [0.25, 0.3) is 16.7 Å². The lowest BCUT2D eigenvalue weighted by Gasteiger charge is -2.10. The van der Waals surface area contributed by atoms with Crippen LogP contribution in [0.2, 0.25) is 0 Å². The maximum atomic E-state index is 12.7. The van der Waals surface area contributed by atoms with Gasteiger partial charge in [-0.2, -0.15) is 5.26 Å². The van der Waals surface area contributed by atoms with Crippen LogP contribution in [0.1, 0.15) is 47.7 Å². The molecule has 1 N–H and O–H groups in total. The van der Waals surface area contributed by atoms with Gasteiger partial charge in [-0.1, -0.05) is 56.2 Å². The molecule has 0 saturated heterocycles. The van der Waals surface area contributed by atoms with Crippen molar-refractivity contribution in [3.05, 3.63) is 64.7 Å². The van der Waals surface area contributed by atoms with Crippen molar-refractivity contribution in [1.82, 2.24) is 0 Å². The molecule has 0 radical (unpaired) electrons. The van der Waals surface area contributed by atoms with E-state index in [1.165, 1.54) is 0 Å². The number of unbranched alkanes of at least 4 members (excludes halogenated alkanes) is 2. The normalized spacial score (nSPS) is 13.1. The van der Waals surface area contributed by atoms with Crippen molar-refractivity contribution in [2.75, 3.05) is 6.61 Å². The number of hydrogen-bond donors (Lipinski definition) is 1. The molecule has 28 heavy (non-hydrogen) atoms. The first-order valence-corrected chi connectivity index (χ1v) is 9.23. The van der Waals surface area contributed by atoms with Crippen molar-refractivity contribution in [1.29, 1.82) is 10.7 Å². The highest BCUT2D eigenvalue weighted by molar-refractivity contribution is 6.38. The molecule has 1 aliphatic rings. The monoisotopic (exact) mass is 372 g/mol. The summed E-state index contributed by atoms with van der Waals surface area (Å²) in [5.74, 6) is -1.08. The van der Waals surface area contributed by atoms with Gasteiger partial charge in [-0.05, 0) is 29.2 Å². The first kappa shape index (κ1) is 19.2. The van der Waals surface area contributed by atoms with Gasteiger partial charge in [0.05, 0.1) is 18.4 Å². The van der Waals surface area contributed by atoms with Gasteiger partial charge in [0.25, 0.3) is 0 Å². The molecule has 3 rings (SSSR count). The second kappa shape index (κ2) is 8.45. The zero-order chi connectivity index (χ0) is 20.1. The minimum Gasteiger partial charge on any atom is -0.462 e. The molecule has 0 atom stereocenters. The molecular formula is C23H20N2O3. The molecule has 0 unspecified atom stereocenters. The van der Waals surface area contributed by atoms with Gasteiger partial charge in [0.15, 0.2) is 0 Å². The number of esters is 1. The number of carbonyl (C=O) groups is 2. The number of hydrogen-bond acceptors (Lipinski definition) is 5. The lowest BCUT2D eigenvalue weighted by molar-refractivity contribution is -0.109. The zero-order valence-corrected chi connectivity index (χ0v) is 15.6. The van der Waals surface area contributed by atoms with Gasteiger partial charge in [0.1, 0.15) is 11.6 Å². The summed E-state index contributed by atoms with van der Waals surface area (Å²) in [5, 5.41) is 16.8. The number of nitrogens with one attached hydrogen (secondary N) is 1. The lowest BCUT2D eigenvalue weighted by atomic mass is 9.95. The Morgan fingerprint density at radius 3 is 2.46 bits per heavy atom. The number of Topliss-reactive ketones (excluding diaryl/α,β-unsaturated/α-hetero) is 1. The lowest BCUT2D eigenvalue weighted by Crippen LogP contribution is -2.08. The van der Waals surface area contributed by atoms with Gasteiger partial charge in [0.2, 0.25) is 5.78 Å². The van der Waals surface area contributed by atoms with Crippen LogP contribution in [0.3, 0.4) is 0 Å². The Morgan fingerprint density at radius 2 is 1.79 bits per heavy atom. The second-order valence-corrected chi connectivity index (χ2v) is 6.49. The molecule has 0 saturated carbocycles. The van der Waals surface area contributed by atoms with Crippen molar-refractivity contribution in [3.63, 3.8) is 0 Å². The Labute approximate surface area is 163 Å². The third kappa shape index (κ3) is 3.37. The summed E-state index contributed by atoms with van der Waals surface area (Å²) >= 11 is 0. The molecule has 1 aliphatic carbocycles. The van der Waals surface area contributed by atoms with Crippen LogP contribution in [0.15, 0.2) is 48.0 Å². The Balaban J connectivity index is 2.16. The number of benzene rings is 2. The van der Waals surface area contributed by atoms with E-state index in [2.05, 4.69) is 6.92 Å². The second-order valence-electron chi connectivity index (χ2n) is 6.49. The standard InChI is InChI=1S/C23H20N2O3/c1-2-3-6-12-28-23(27)18-11-7-10-17-21(18)15-8-4-5-9-16(15)22(17)19(13-24)20(26)14-25/h4-5,7-11,14,25H,2-3,6,12H2,1H3. The molecule has 0 aromatic heterocycles. The largest absolute Gasteiger partial charge is 0.462 e. The molecule has 5 nitrogen and oxygen atoms in total. The van der Waals surface area contributed by atoms with Gasteiger partial charge < -0.3 is 10.1 Å². The molecule has 0 aliphatic heterocycles. The number of allylic oxidation sites excluding steroid dienone is 1. The van der Waals surface area contributed by atoms with E-state index in [4.69, 9.17) is 10.1 Å². The van der Waals surface area contributed by atoms with E-state index in [0.717, 1.165) is 24.8 Å².